The molecule has 2 aromatic carbocycles. The van der Waals surface area contributed by atoms with E-state index in [1.807, 2.05) is 48.5 Å². The predicted octanol–water partition coefficient (Wildman–Crippen LogP) is 2.32. The number of hydrogen-bond acceptors (Lipinski definition) is 5. The Hall–Kier alpha value is -3.63. The van der Waals surface area contributed by atoms with Crippen LogP contribution in [0.4, 0.5) is 0 Å². The van der Waals surface area contributed by atoms with Crippen LogP contribution < -0.4 is 16.0 Å². The number of ether oxygens (including phenoxy) is 1. The van der Waals surface area contributed by atoms with Crippen LogP contribution in [0.15, 0.2) is 70.4 Å². The number of nitriles is 1. The first-order valence-corrected chi connectivity index (χ1v) is 9.79. The summed E-state index contributed by atoms with van der Waals surface area (Å²) < 4.78 is 7.95. The second-order valence-corrected chi connectivity index (χ2v) is 7.35. The van der Waals surface area contributed by atoms with Crippen molar-refractivity contribution in [2.45, 2.75) is 31.5 Å². The lowest BCUT2D eigenvalue weighted by Gasteiger charge is -2.15. The Bertz CT molecular complexity index is 1190. The van der Waals surface area contributed by atoms with Gasteiger partial charge in [0.1, 0.15) is 30.1 Å². The topological polar surface area (TPSA) is 97.2 Å². The molecule has 1 saturated carbocycles. The molecular weight excluding hydrogens is 382 g/mol. The molecule has 1 heterocycles. The molecule has 1 N–H and O–H groups in total. The van der Waals surface area contributed by atoms with E-state index in [9.17, 15) is 20.0 Å². The maximum Gasteiger partial charge on any atom is 0.331 e. The number of rotatable bonds is 7. The molecule has 1 aliphatic carbocycles. The summed E-state index contributed by atoms with van der Waals surface area (Å²) in [4.78, 5) is 25.0. The van der Waals surface area contributed by atoms with E-state index < -0.39 is 17.4 Å². The van der Waals surface area contributed by atoms with Gasteiger partial charge in [-0.25, -0.2) is 4.79 Å². The summed E-state index contributed by atoms with van der Waals surface area (Å²) in [6, 6.07) is 19.2. The predicted molar refractivity (Wildman–Crippen MR) is 111 cm³/mol. The summed E-state index contributed by atoms with van der Waals surface area (Å²) in [6.45, 7) is -0.321. The van der Waals surface area contributed by atoms with Crippen LogP contribution in [0, 0.1) is 11.3 Å². The molecule has 4 rings (SSSR count). The van der Waals surface area contributed by atoms with Crippen molar-refractivity contribution in [1.29, 1.82) is 5.26 Å². The lowest BCUT2D eigenvalue weighted by molar-refractivity contribution is 0.0899. The van der Waals surface area contributed by atoms with E-state index in [0.29, 0.717) is 5.75 Å². The molecule has 1 aliphatic rings. The highest BCUT2D eigenvalue weighted by Crippen LogP contribution is 2.33. The van der Waals surface area contributed by atoms with Gasteiger partial charge in [-0.15, -0.1) is 0 Å². The van der Waals surface area contributed by atoms with E-state index in [1.54, 1.807) is 12.1 Å². The van der Waals surface area contributed by atoms with Crippen molar-refractivity contribution >= 4 is 0 Å². The van der Waals surface area contributed by atoms with Gasteiger partial charge in [0.05, 0.1) is 6.54 Å². The van der Waals surface area contributed by atoms with E-state index in [4.69, 9.17) is 4.74 Å². The van der Waals surface area contributed by atoms with Gasteiger partial charge in [-0.2, -0.15) is 5.26 Å². The molecule has 1 unspecified atom stereocenters. The van der Waals surface area contributed by atoms with Gasteiger partial charge in [-0.05, 0) is 36.1 Å². The molecule has 1 atom stereocenters. The van der Waals surface area contributed by atoms with Gasteiger partial charge in [0.2, 0.25) is 0 Å². The zero-order chi connectivity index (χ0) is 21.1. The molecule has 0 spiro atoms. The lowest BCUT2D eigenvalue weighted by Crippen LogP contribution is -2.44. The number of benzene rings is 2. The molecule has 1 fully saturated rings. The first-order chi connectivity index (χ1) is 14.6. The Balaban J connectivity index is 1.44. The SMILES string of the molecule is N#Cc1cn(C2CC2)c(=O)n(CC(O)COc2ccc(-c3ccccc3)cc2)c1=O. The number of nitrogens with zero attached hydrogens (tertiary/aromatic N) is 3. The van der Waals surface area contributed by atoms with Crippen LogP contribution in [0.2, 0.25) is 0 Å². The summed E-state index contributed by atoms with van der Waals surface area (Å²) in [5.41, 5.74) is 0.835. The third-order valence-corrected chi connectivity index (χ3v) is 5.05. The number of hydrogen-bond donors (Lipinski definition) is 1. The van der Waals surface area contributed by atoms with Crippen LogP contribution in [0.1, 0.15) is 24.4 Å². The second-order valence-electron chi connectivity index (χ2n) is 7.35. The van der Waals surface area contributed by atoms with Crippen molar-refractivity contribution in [2.75, 3.05) is 6.61 Å². The zero-order valence-electron chi connectivity index (χ0n) is 16.3. The molecule has 3 aromatic rings. The monoisotopic (exact) mass is 403 g/mol. The van der Waals surface area contributed by atoms with Gasteiger partial charge >= 0.3 is 5.69 Å². The maximum atomic E-state index is 12.6. The second kappa shape index (κ2) is 8.39. The van der Waals surface area contributed by atoms with E-state index in [0.717, 1.165) is 28.5 Å². The van der Waals surface area contributed by atoms with Crippen molar-refractivity contribution in [2.24, 2.45) is 0 Å². The normalized spacial score (nSPS) is 14.1. The van der Waals surface area contributed by atoms with Crippen LogP contribution in [0.3, 0.4) is 0 Å². The van der Waals surface area contributed by atoms with Crippen LogP contribution in [0.5, 0.6) is 5.75 Å². The third kappa shape index (κ3) is 4.19. The first kappa shape index (κ1) is 19.7. The quantitative estimate of drug-likeness (QED) is 0.653. The largest absolute Gasteiger partial charge is 0.491 e. The highest BCUT2D eigenvalue weighted by molar-refractivity contribution is 5.63. The van der Waals surface area contributed by atoms with Crippen molar-refractivity contribution in [1.82, 2.24) is 9.13 Å². The minimum atomic E-state index is -1.08. The molecule has 152 valence electrons. The molecule has 1 aromatic heterocycles. The zero-order valence-corrected chi connectivity index (χ0v) is 16.3. The van der Waals surface area contributed by atoms with Gasteiger partial charge in [-0.1, -0.05) is 42.5 Å². The number of aliphatic hydroxyl groups excluding tert-OH is 1. The summed E-state index contributed by atoms with van der Waals surface area (Å²) in [5, 5.41) is 19.5. The fourth-order valence-corrected chi connectivity index (χ4v) is 3.30. The van der Waals surface area contributed by atoms with E-state index in [1.165, 1.54) is 10.8 Å². The first-order valence-electron chi connectivity index (χ1n) is 9.79. The van der Waals surface area contributed by atoms with Gasteiger partial charge in [-0.3, -0.25) is 13.9 Å². The molecule has 7 nitrogen and oxygen atoms in total. The molecular formula is C23H21N3O4. The molecule has 0 saturated heterocycles. The maximum absolute atomic E-state index is 12.6. The number of aliphatic hydroxyl groups is 1. The standard InChI is InChI=1S/C23H21N3O4/c24-12-18-13-25(19-8-9-19)23(29)26(22(18)28)14-20(27)15-30-21-10-6-17(7-11-21)16-4-2-1-3-5-16/h1-7,10-11,13,19-20,27H,8-9,14-15H2. The smallest absolute Gasteiger partial charge is 0.331 e. The highest BCUT2D eigenvalue weighted by atomic mass is 16.5. The van der Waals surface area contributed by atoms with E-state index in [-0.39, 0.29) is 24.8 Å². The molecule has 0 amide bonds. The molecule has 0 aliphatic heterocycles. The van der Waals surface area contributed by atoms with Gasteiger partial charge < -0.3 is 9.84 Å². The van der Waals surface area contributed by atoms with Crippen LogP contribution in [-0.2, 0) is 6.54 Å². The summed E-state index contributed by atoms with van der Waals surface area (Å²) >= 11 is 0. The Labute approximate surface area is 173 Å². The summed E-state index contributed by atoms with van der Waals surface area (Å²) in [5.74, 6) is 0.572. The summed E-state index contributed by atoms with van der Waals surface area (Å²) in [6.07, 6.45) is 1.92. The van der Waals surface area contributed by atoms with Crippen LogP contribution in [0.25, 0.3) is 11.1 Å². The number of aromatic nitrogens is 2. The lowest BCUT2D eigenvalue weighted by atomic mass is 10.1. The van der Waals surface area contributed by atoms with Gasteiger partial charge in [0, 0.05) is 12.2 Å². The van der Waals surface area contributed by atoms with Crippen molar-refractivity contribution in [3.05, 3.63) is 87.2 Å². The van der Waals surface area contributed by atoms with Crippen LogP contribution in [-0.4, -0.2) is 27.0 Å². The van der Waals surface area contributed by atoms with Gasteiger partial charge in [0.25, 0.3) is 5.56 Å². The Morgan fingerprint density at radius 1 is 1.07 bits per heavy atom. The molecule has 0 bridgehead atoms. The van der Waals surface area contributed by atoms with Gasteiger partial charge in [0.15, 0.2) is 0 Å². The van der Waals surface area contributed by atoms with Crippen LogP contribution >= 0.6 is 0 Å². The fraction of sp³-hybridized carbons (Fsp3) is 0.261. The Morgan fingerprint density at radius 3 is 2.37 bits per heavy atom. The third-order valence-electron chi connectivity index (χ3n) is 5.05. The molecule has 30 heavy (non-hydrogen) atoms. The minimum Gasteiger partial charge on any atom is -0.491 e. The minimum absolute atomic E-state index is 0.0213. The fourth-order valence-electron chi connectivity index (χ4n) is 3.30. The van der Waals surface area contributed by atoms with Crippen molar-refractivity contribution < 1.29 is 9.84 Å². The average Bonchev–Trinajstić information content (AvgIpc) is 3.62. The van der Waals surface area contributed by atoms with Crippen molar-refractivity contribution in [3.63, 3.8) is 0 Å². The Morgan fingerprint density at radius 2 is 1.73 bits per heavy atom. The van der Waals surface area contributed by atoms with E-state index in [2.05, 4.69) is 0 Å². The van der Waals surface area contributed by atoms with E-state index >= 15 is 0 Å². The molecule has 7 heteroatoms. The van der Waals surface area contributed by atoms with Crippen molar-refractivity contribution in [3.8, 4) is 22.9 Å². The highest BCUT2D eigenvalue weighted by Gasteiger charge is 2.27. The molecule has 0 radical (unpaired) electrons. The summed E-state index contributed by atoms with van der Waals surface area (Å²) in [7, 11) is 0. The average molecular weight is 403 g/mol. The Kier molecular flexibility index (Phi) is 5.50.